The highest BCUT2D eigenvalue weighted by atomic mass is 16.5. The maximum atomic E-state index is 12.8. The number of aromatic nitrogens is 1. The number of carboxylic acids is 1. The predicted molar refractivity (Wildman–Crippen MR) is 136 cm³/mol. The van der Waals surface area contributed by atoms with Crippen LogP contribution in [0.4, 0.5) is 4.79 Å². The number of nitrogens with zero attached hydrogens (tertiary/aromatic N) is 3. The minimum absolute atomic E-state index is 0.0448. The summed E-state index contributed by atoms with van der Waals surface area (Å²) < 4.78 is 5.69. The van der Waals surface area contributed by atoms with Crippen molar-refractivity contribution in [2.45, 2.75) is 58.2 Å². The third kappa shape index (κ3) is 5.56. The molecule has 1 unspecified atom stereocenters. The summed E-state index contributed by atoms with van der Waals surface area (Å²) in [5.74, 6) is -0.415. The number of fused-ring (bicyclic) bond motifs is 1. The number of amides is 2. The van der Waals surface area contributed by atoms with E-state index in [1.807, 2.05) is 66.2 Å². The Morgan fingerprint density at radius 1 is 1.17 bits per heavy atom. The Hall–Kier alpha value is -3.61. The van der Waals surface area contributed by atoms with E-state index in [2.05, 4.69) is 12.1 Å². The number of pyridine rings is 1. The molecular formula is C28H33N3O4. The topological polar surface area (TPSA) is 83.0 Å². The lowest BCUT2D eigenvalue weighted by Gasteiger charge is -2.23. The average molecular weight is 476 g/mol. The molecule has 0 bridgehead atoms. The van der Waals surface area contributed by atoms with Gasteiger partial charge in [0.1, 0.15) is 5.75 Å². The SMILES string of the molecule is Cc1cc(CCCC2CN(Cc3ccc4ccccc4n3)C(=O)N2C)ccc1OC(C)(C)C(=O)O. The molecule has 0 saturated carbocycles. The highest BCUT2D eigenvalue weighted by molar-refractivity contribution is 5.79. The van der Waals surface area contributed by atoms with E-state index >= 15 is 0 Å². The quantitative estimate of drug-likeness (QED) is 0.469. The number of benzene rings is 2. The number of carbonyl (C=O) groups is 2. The number of ether oxygens (including phenoxy) is 1. The van der Waals surface area contributed by atoms with E-state index in [0.29, 0.717) is 18.8 Å². The molecule has 2 heterocycles. The standard InChI is InChI=1S/C28H33N3O4/c1-19-16-20(12-15-25(19)35-28(2,3)26(32)33)8-7-10-23-18-31(27(34)30(23)4)17-22-14-13-21-9-5-6-11-24(21)29-22/h5-6,9,11-16,23H,7-8,10,17-18H2,1-4H3,(H,32,33). The van der Waals surface area contributed by atoms with E-state index in [0.717, 1.165) is 41.4 Å². The highest BCUT2D eigenvalue weighted by Crippen LogP contribution is 2.26. The van der Waals surface area contributed by atoms with Gasteiger partial charge in [0.2, 0.25) is 0 Å². The number of urea groups is 1. The monoisotopic (exact) mass is 475 g/mol. The molecule has 3 aromatic rings. The molecule has 0 aliphatic carbocycles. The molecule has 0 spiro atoms. The van der Waals surface area contributed by atoms with Gasteiger partial charge in [0.25, 0.3) is 0 Å². The van der Waals surface area contributed by atoms with Crippen molar-refractivity contribution in [3.8, 4) is 5.75 Å². The molecule has 35 heavy (non-hydrogen) atoms. The van der Waals surface area contributed by atoms with Gasteiger partial charge >= 0.3 is 12.0 Å². The van der Waals surface area contributed by atoms with E-state index < -0.39 is 11.6 Å². The van der Waals surface area contributed by atoms with Gasteiger partial charge in [0.05, 0.1) is 23.8 Å². The number of aryl methyl sites for hydroxylation is 2. The van der Waals surface area contributed by atoms with Crippen molar-refractivity contribution in [1.29, 1.82) is 0 Å². The van der Waals surface area contributed by atoms with Gasteiger partial charge in [-0.3, -0.25) is 4.98 Å². The molecule has 184 valence electrons. The number of carbonyl (C=O) groups excluding carboxylic acids is 1. The van der Waals surface area contributed by atoms with E-state index in [9.17, 15) is 14.7 Å². The lowest BCUT2D eigenvalue weighted by Crippen LogP contribution is -2.38. The van der Waals surface area contributed by atoms with Gasteiger partial charge in [0.15, 0.2) is 5.60 Å². The normalized spacial score (nSPS) is 16.2. The molecule has 1 atom stereocenters. The van der Waals surface area contributed by atoms with Crippen molar-refractivity contribution in [2.24, 2.45) is 0 Å². The number of carboxylic acid groups (broad SMARTS) is 1. The van der Waals surface area contributed by atoms with E-state index in [1.165, 1.54) is 5.56 Å². The fourth-order valence-corrected chi connectivity index (χ4v) is 4.49. The largest absolute Gasteiger partial charge is 0.478 e. The third-order valence-corrected chi connectivity index (χ3v) is 6.68. The lowest BCUT2D eigenvalue weighted by molar-refractivity contribution is -0.152. The molecule has 1 saturated heterocycles. The zero-order valence-corrected chi connectivity index (χ0v) is 20.8. The highest BCUT2D eigenvalue weighted by Gasteiger charge is 2.34. The van der Waals surface area contributed by atoms with Crippen molar-refractivity contribution < 1.29 is 19.4 Å². The second kappa shape index (κ2) is 9.94. The minimum Gasteiger partial charge on any atom is -0.478 e. The van der Waals surface area contributed by atoms with E-state index in [1.54, 1.807) is 13.8 Å². The first-order chi connectivity index (χ1) is 16.6. The molecule has 2 aromatic carbocycles. The van der Waals surface area contributed by atoms with Crippen molar-refractivity contribution in [2.75, 3.05) is 13.6 Å². The number of aliphatic carboxylic acids is 1. The summed E-state index contributed by atoms with van der Waals surface area (Å²) in [7, 11) is 1.88. The maximum absolute atomic E-state index is 12.8. The molecule has 1 aliphatic rings. The Bertz CT molecular complexity index is 1240. The average Bonchev–Trinajstić information content (AvgIpc) is 3.08. The summed E-state index contributed by atoms with van der Waals surface area (Å²) in [6.45, 7) is 6.22. The molecule has 7 nitrogen and oxygen atoms in total. The van der Waals surface area contributed by atoms with Crippen LogP contribution < -0.4 is 4.74 Å². The van der Waals surface area contributed by atoms with Crippen LogP contribution >= 0.6 is 0 Å². The Morgan fingerprint density at radius 2 is 1.94 bits per heavy atom. The first kappa shape index (κ1) is 24.5. The van der Waals surface area contributed by atoms with Crippen molar-refractivity contribution in [3.05, 3.63) is 71.4 Å². The van der Waals surface area contributed by atoms with Crippen molar-refractivity contribution >= 4 is 22.9 Å². The zero-order chi connectivity index (χ0) is 25.2. The second-order valence-electron chi connectivity index (χ2n) is 9.83. The summed E-state index contributed by atoms with van der Waals surface area (Å²) >= 11 is 0. The summed E-state index contributed by atoms with van der Waals surface area (Å²) in [6, 6.07) is 18.2. The first-order valence-corrected chi connectivity index (χ1v) is 12.0. The predicted octanol–water partition coefficient (Wildman–Crippen LogP) is 5.04. The summed E-state index contributed by atoms with van der Waals surface area (Å²) in [4.78, 5) is 32.6. The van der Waals surface area contributed by atoms with Gasteiger partial charge in [-0.1, -0.05) is 36.4 Å². The molecule has 1 aromatic heterocycles. The number of likely N-dealkylation sites (N-methyl/N-ethyl adjacent to an activating group) is 1. The van der Waals surface area contributed by atoms with Gasteiger partial charge in [-0.25, -0.2) is 9.59 Å². The number of para-hydroxylation sites is 1. The Morgan fingerprint density at radius 3 is 2.69 bits per heavy atom. The molecule has 1 N–H and O–H groups in total. The zero-order valence-electron chi connectivity index (χ0n) is 20.8. The molecule has 2 amide bonds. The molecule has 1 aliphatic heterocycles. The van der Waals surface area contributed by atoms with Crippen LogP contribution in [0, 0.1) is 6.92 Å². The van der Waals surface area contributed by atoms with Crippen LogP contribution in [0.3, 0.4) is 0 Å². The lowest BCUT2D eigenvalue weighted by atomic mass is 10.0. The van der Waals surface area contributed by atoms with Crippen LogP contribution in [-0.2, 0) is 17.8 Å². The Kier molecular flexibility index (Phi) is 6.96. The summed E-state index contributed by atoms with van der Waals surface area (Å²) in [6.07, 6.45) is 2.74. The number of hydrogen-bond acceptors (Lipinski definition) is 4. The van der Waals surface area contributed by atoms with Gasteiger partial charge in [-0.15, -0.1) is 0 Å². The van der Waals surface area contributed by atoms with Crippen molar-refractivity contribution in [1.82, 2.24) is 14.8 Å². The van der Waals surface area contributed by atoms with E-state index in [4.69, 9.17) is 9.72 Å². The van der Waals surface area contributed by atoms with E-state index in [-0.39, 0.29) is 12.1 Å². The maximum Gasteiger partial charge on any atom is 0.347 e. The van der Waals surface area contributed by atoms with Gasteiger partial charge in [0, 0.05) is 19.0 Å². The minimum atomic E-state index is -1.28. The van der Waals surface area contributed by atoms with Crippen molar-refractivity contribution in [3.63, 3.8) is 0 Å². The Balaban J connectivity index is 1.31. The first-order valence-electron chi connectivity index (χ1n) is 12.0. The van der Waals surface area contributed by atoms with Crippen LogP contribution in [-0.4, -0.2) is 57.1 Å². The van der Waals surface area contributed by atoms with Gasteiger partial charge in [-0.2, -0.15) is 0 Å². The van der Waals surface area contributed by atoms with Crippen LogP contribution in [0.15, 0.2) is 54.6 Å². The number of hydrogen-bond donors (Lipinski definition) is 1. The smallest absolute Gasteiger partial charge is 0.347 e. The van der Waals surface area contributed by atoms with Gasteiger partial charge in [-0.05, 0) is 69.4 Å². The number of rotatable bonds is 9. The molecular weight excluding hydrogens is 442 g/mol. The summed E-state index contributed by atoms with van der Waals surface area (Å²) in [5.41, 5.74) is 2.65. The second-order valence-corrected chi connectivity index (χ2v) is 9.83. The van der Waals surface area contributed by atoms with Crippen LogP contribution in [0.2, 0.25) is 0 Å². The fraction of sp³-hybridized carbons (Fsp3) is 0.393. The molecule has 4 rings (SSSR count). The van der Waals surface area contributed by atoms with Gasteiger partial charge < -0.3 is 19.6 Å². The fourth-order valence-electron chi connectivity index (χ4n) is 4.49. The molecule has 7 heteroatoms. The summed E-state index contributed by atoms with van der Waals surface area (Å²) in [5, 5.41) is 10.4. The molecule has 1 fully saturated rings. The van der Waals surface area contributed by atoms with Crippen LogP contribution in [0.1, 0.15) is 43.5 Å². The third-order valence-electron chi connectivity index (χ3n) is 6.68. The Labute approximate surface area is 206 Å². The molecule has 0 radical (unpaired) electrons. The van der Waals surface area contributed by atoms with Crippen LogP contribution in [0.25, 0.3) is 10.9 Å². The van der Waals surface area contributed by atoms with Crippen LogP contribution in [0.5, 0.6) is 5.75 Å².